The number of anilines is 1. The summed E-state index contributed by atoms with van der Waals surface area (Å²) in [4.78, 5) is 15.8. The number of aromatic hydroxyl groups is 1. The van der Waals surface area contributed by atoms with Gasteiger partial charge < -0.3 is 29.3 Å². The van der Waals surface area contributed by atoms with Gasteiger partial charge in [-0.15, -0.1) is 0 Å². The molecule has 1 saturated heterocycles. The lowest BCUT2D eigenvalue weighted by Crippen LogP contribution is -2.43. The zero-order valence-corrected chi connectivity index (χ0v) is 28.7. The Morgan fingerprint density at radius 2 is 1.82 bits per heavy atom. The first-order chi connectivity index (χ1) is 23.3. The van der Waals surface area contributed by atoms with Crippen molar-refractivity contribution in [3.05, 3.63) is 80.7 Å². The number of sulfonamides is 1. The number of esters is 1. The summed E-state index contributed by atoms with van der Waals surface area (Å²) in [6.45, 7) is -0.131. The zero-order chi connectivity index (χ0) is 35.3. The summed E-state index contributed by atoms with van der Waals surface area (Å²) >= 11 is 12.7. The summed E-state index contributed by atoms with van der Waals surface area (Å²) in [5.74, 6) is -1.29. The fraction of sp³-hybridized carbons (Fsp3) is 0.438. The fourth-order valence-electron chi connectivity index (χ4n) is 5.26. The third-order valence-corrected chi connectivity index (χ3v) is 9.82. The molecule has 17 heteroatoms. The van der Waals surface area contributed by atoms with E-state index in [4.69, 9.17) is 37.4 Å². The number of ether oxygens (including phenoxy) is 4. The van der Waals surface area contributed by atoms with Gasteiger partial charge in [-0.1, -0.05) is 29.3 Å². The highest BCUT2D eigenvalue weighted by molar-refractivity contribution is 7.92. The second-order valence-electron chi connectivity index (χ2n) is 11.8. The molecule has 2 aromatic carbocycles. The number of carbonyl (C=O) groups is 1. The lowest BCUT2D eigenvalue weighted by atomic mass is 10.0. The summed E-state index contributed by atoms with van der Waals surface area (Å²) in [7, 11) is -3.85. The quantitative estimate of drug-likeness (QED) is 0.129. The number of nitrogens with zero attached hydrogens (tertiary/aromatic N) is 3. The molecule has 0 unspecified atom stereocenters. The average Bonchev–Trinajstić information content (AvgIpc) is 3.86. The van der Waals surface area contributed by atoms with Gasteiger partial charge in [0.15, 0.2) is 23.9 Å². The highest BCUT2D eigenvalue weighted by atomic mass is 35.5. The molecule has 1 N–H and O–H groups in total. The monoisotopic (exact) mass is 745 g/mol. The number of halogens is 4. The van der Waals surface area contributed by atoms with Crippen LogP contribution < -0.4 is 18.5 Å². The number of pyridine rings is 1. The lowest BCUT2D eigenvalue weighted by molar-refractivity contribution is -0.605. The summed E-state index contributed by atoms with van der Waals surface area (Å²) in [5.41, 5.74) is 0.406. The van der Waals surface area contributed by atoms with Gasteiger partial charge in [0.1, 0.15) is 21.9 Å². The van der Waals surface area contributed by atoms with Crippen LogP contribution >= 0.6 is 23.2 Å². The summed E-state index contributed by atoms with van der Waals surface area (Å²) in [6.07, 6.45) is 3.69. The maximum Gasteiger partial charge on any atom is 0.387 e. The normalized spacial score (nSPS) is 16.0. The van der Waals surface area contributed by atoms with Crippen molar-refractivity contribution >= 4 is 44.9 Å². The second-order valence-corrected chi connectivity index (χ2v) is 14.5. The van der Waals surface area contributed by atoms with E-state index < -0.39 is 28.7 Å². The molecule has 2 fully saturated rings. The van der Waals surface area contributed by atoms with Gasteiger partial charge in [0, 0.05) is 44.2 Å². The van der Waals surface area contributed by atoms with Crippen molar-refractivity contribution in [2.45, 2.75) is 32.0 Å². The smallest absolute Gasteiger partial charge is 0.387 e. The third kappa shape index (κ3) is 10.2. The second kappa shape index (κ2) is 15.9. The molecule has 0 amide bonds. The largest absolute Gasteiger partial charge is 0.619 e. The highest BCUT2D eigenvalue weighted by Crippen LogP contribution is 2.38. The van der Waals surface area contributed by atoms with Crippen molar-refractivity contribution in [1.29, 1.82) is 0 Å². The van der Waals surface area contributed by atoms with Crippen LogP contribution in [0, 0.1) is 11.1 Å². The van der Waals surface area contributed by atoms with Gasteiger partial charge in [0.25, 0.3) is 0 Å². The molecule has 2 heterocycles. The van der Waals surface area contributed by atoms with Crippen molar-refractivity contribution in [3.8, 4) is 17.2 Å². The molecular weight excluding hydrogens is 711 g/mol. The van der Waals surface area contributed by atoms with Crippen LogP contribution in [0.5, 0.6) is 17.2 Å². The number of benzene rings is 2. The Balaban J connectivity index is 1.47. The number of phenolic OH excluding ortho intramolecular Hbond substituents is 1. The van der Waals surface area contributed by atoms with E-state index in [9.17, 15) is 32.3 Å². The van der Waals surface area contributed by atoms with Crippen molar-refractivity contribution in [3.63, 3.8) is 0 Å². The van der Waals surface area contributed by atoms with Gasteiger partial charge in [-0.25, -0.2) is 13.2 Å². The van der Waals surface area contributed by atoms with Crippen LogP contribution in [-0.4, -0.2) is 83.3 Å². The van der Waals surface area contributed by atoms with Crippen LogP contribution in [0.1, 0.15) is 40.4 Å². The number of hydrogen-bond acceptors (Lipinski definition) is 10. The van der Waals surface area contributed by atoms with Crippen LogP contribution in [-0.2, 0) is 25.9 Å². The predicted octanol–water partition coefficient (Wildman–Crippen LogP) is 4.96. The Hall–Kier alpha value is -3.63. The van der Waals surface area contributed by atoms with E-state index in [0.717, 1.165) is 41.9 Å². The molecule has 1 aliphatic carbocycles. The van der Waals surface area contributed by atoms with Crippen molar-refractivity contribution in [1.82, 2.24) is 4.90 Å². The Labute approximate surface area is 292 Å². The lowest BCUT2D eigenvalue weighted by Gasteiger charge is -2.30. The van der Waals surface area contributed by atoms with Gasteiger partial charge in [-0.05, 0) is 48.6 Å². The average molecular weight is 747 g/mol. The molecule has 266 valence electrons. The van der Waals surface area contributed by atoms with Crippen molar-refractivity contribution in [2.24, 2.45) is 5.92 Å². The molecule has 0 bridgehead atoms. The minimum atomic E-state index is -3.85. The number of phenols is 1. The van der Waals surface area contributed by atoms with Gasteiger partial charge in [-0.3, -0.25) is 9.21 Å². The number of alkyl halides is 2. The van der Waals surface area contributed by atoms with Gasteiger partial charge in [-0.2, -0.15) is 13.5 Å². The molecular formula is C32H35Cl2F2N3O9S. The van der Waals surface area contributed by atoms with E-state index in [1.807, 2.05) is 4.90 Å². The summed E-state index contributed by atoms with van der Waals surface area (Å²) in [6, 6.07) is 7.70. The summed E-state index contributed by atoms with van der Waals surface area (Å²) < 4.78 is 75.3. The first-order valence-electron chi connectivity index (χ1n) is 15.4. The molecule has 0 spiro atoms. The first kappa shape index (κ1) is 36.6. The molecule has 49 heavy (non-hydrogen) atoms. The van der Waals surface area contributed by atoms with E-state index >= 15 is 0 Å². The molecule has 1 atom stereocenters. The van der Waals surface area contributed by atoms with Crippen molar-refractivity contribution in [2.75, 3.05) is 56.6 Å². The van der Waals surface area contributed by atoms with E-state index in [0.29, 0.717) is 37.6 Å². The van der Waals surface area contributed by atoms with Crippen LogP contribution in [0.15, 0.2) is 48.8 Å². The van der Waals surface area contributed by atoms with E-state index in [-0.39, 0.29) is 75.2 Å². The van der Waals surface area contributed by atoms with Crippen LogP contribution in [0.2, 0.25) is 10.0 Å². The molecule has 1 aliphatic heterocycles. The standard InChI is InChI=1S/C32H35Cl2F2N3O9S/c1-49(43,44)39(7-6-37-8-10-45-11-9-37)23-12-22(13-24(40)15-23)31(41)47-29(16-25-26(33)17-38(42)18-27(25)34)21-4-5-28(48-32(35)36)30(14-21)46-19-20-2-3-20/h4-5,12-15,17-18,20,29,32,40H,2-3,6-11,16,19H2,1H3/t29-/m0/s1. The maximum atomic E-state index is 13.7. The Morgan fingerprint density at radius 1 is 1.12 bits per heavy atom. The van der Waals surface area contributed by atoms with Gasteiger partial charge in [0.05, 0.1) is 37.3 Å². The van der Waals surface area contributed by atoms with E-state index in [1.54, 1.807) is 0 Å². The molecule has 2 aliphatic rings. The zero-order valence-electron chi connectivity index (χ0n) is 26.4. The number of morpholine rings is 1. The number of carbonyl (C=O) groups excluding carboxylic acids is 1. The number of rotatable bonds is 15. The number of hydrogen-bond donors (Lipinski definition) is 1. The summed E-state index contributed by atoms with van der Waals surface area (Å²) in [5, 5.41) is 22.5. The SMILES string of the molecule is CS(=O)(=O)N(CCN1CCOCC1)c1cc(O)cc(C(=O)O[C@@H](Cc2c(Cl)c[n+]([O-])cc2Cl)c2ccc(OC(F)F)c(OCC3CC3)c2)c1. The van der Waals surface area contributed by atoms with Crippen LogP contribution in [0.3, 0.4) is 0 Å². The molecule has 3 aromatic rings. The maximum absolute atomic E-state index is 13.7. The van der Waals surface area contributed by atoms with Crippen molar-refractivity contribution < 1.29 is 50.8 Å². The highest BCUT2D eigenvalue weighted by Gasteiger charge is 2.28. The third-order valence-electron chi connectivity index (χ3n) is 7.97. The Kier molecular flexibility index (Phi) is 11.9. The minimum absolute atomic E-state index is 0.00268. The Morgan fingerprint density at radius 3 is 2.45 bits per heavy atom. The van der Waals surface area contributed by atoms with E-state index in [1.165, 1.54) is 30.3 Å². The minimum Gasteiger partial charge on any atom is -0.619 e. The topological polar surface area (TPSA) is 142 Å². The fourth-order valence-corrected chi connectivity index (χ4v) is 6.76. The van der Waals surface area contributed by atoms with Gasteiger partial charge >= 0.3 is 12.6 Å². The number of aromatic nitrogens is 1. The molecule has 1 aromatic heterocycles. The van der Waals surface area contributed by atoms with Gasteiger partial charge in [0.2, 0.25) is 10.0 Å². The Bertz CT molecular complexity index is 1740. The van der Waals surface area contributed by atoms with Crippen LogP contribution in [0.4, 0.5) is 14.5 Å². The molecule has 5 rings (SSSR count). The van der Waals surface area contributed by atoms with Crippen LogP contribution in [0.25, 0.3) is 0 Å². The first-order valence-corrected chi connectivity index (χ1v) is 18.0. The van der Waals surface area contributed by atoms with E-state index in [2.05, 4.69) is 4.74 Å². The molecule has 1 saturated carbocycles. The predicted molar refractivity (Wildman–Crippen MR) is 176 cm³/mol. The molecule has 0 radical (unpaired) electrons. The molecule has 12 nitrogen and oxygen atoms in total.